The molecular formula is C19H27N3O3S. The second-order valence-electron chi connectivity index (χ2n) is 7.67. The highest BCUT2D eigenvalue weighted by Gasteiger charge is 2.33. The van der Waals surface area contributed by atoms with E-state index in [1.54, 1.807) is 4.31 Å². The Balaban J connectivity index is 1.49. The molecule has 0 aliphatic carbocycles. The van der Waals surface area contributed by atoms with E-state index >= 15 is 0 Å². The maximum atomic E-state index is 12.9. The van der Waals surface area contributed by atoms with Gasteiger partial charge >= 0.3 is 0 Å². The van der Waals surface area contributed by atoms with Gasteiger partial charge in [-0.1, -0.05) is 6.07 Å². The molecule has 2 aromatic rings. The molecule has 2 fully saturated rings. The van der Waals surface area contributed by atoms with E-state index < -0.39 is 10.0 Å². The number of hydrogen-bond donors (Lipinski definition) is 1. The van der Waals surface area contributed by atoms with Crippen LogP contribution in [0.4, 0.5) is 0 Å². The summed E-state index contributed by atoms with van der Waals surface area (Å²) < 4.78 is 32.8. The molecule has 1 aromatic heterocycles. The van der Waals surface area contributed by atoms with Gasteiger partial charge in [-0.25, -0.2) is 17.7 Å². The molecule has 6 nitrogen and oxygen atoms in total. The highest BCUT2D eigenvalue weighted by atomic mass is 32.2. The molecule has 0 unspecified atom stereocenters. The number of aromatic amines is 1. The number of ether oxygens (including phenoxy) is 1. The summed E-state index contributed by atoms with van der Waals surface area (Å²) in [6.45, 7) is 4.58. The first-order chi connectivity index (χ1) is 12.5. The summed E-state index contributed by atoms with van der Waals surface area (Å²) in [7, 11) is -3.22. The lowest BCUT2D eigenvalue weighted by atomic mass is 9.99. The summed E-state index contributed by atoms with van der Waals surface area (Å²) in [6.07, 6.45) is 3.55. The third-order valence-electron chi connectivity index (χ3n) is 5.61. The molecule has 0 spiro atoms. The molecule has 2 aliphatic heterocycles. The van der Waals surface area contributed by atoms with Crippen molar-refractivity contribution >= 4 is 21.1 Å². The Morgan fingerprint density at radius 1 is 1.27 bits per heavy atom. The fourth-order valence-electron chi connectivity index (χ4n) is 4.07. The van der Waals surface area contributed by atoms with E-state index in [9.17, 15) is 8.42 Å². The standard InChI is InChI=1S/C19H27N3O3S/c1-14-4-5-17-18(11-14)21-19(20-17)16-3-2-8-22(12-16)26(23,24)13-15-6-9-25-10-7-15/h4-5,11,15-16H,2-3,6-10,12-13H2,1H3,(H,20,21)/t16-/m1/s1. The minimum absolute atomic E-state index is 0.140. The van der Waals surface area contributed by atoms with Crippen LogP contribution in [0.15, 0.2) is 18.2 Å². The molecule has 142 valence electrons. The SMILES string of the molecule is Cc1ccc2nc([C@@H]3CCCN(S(=O)(=O)CC4CCOCC4)C3)[nH]c2c1. The van der Waals surface area contributed by atoms with E-state index in [0.717, 1.165) is 42.5 Å². The lowest BCUT2D eigenvalue weighted by molar-refractivity contribution is 0.0720. The minimum Gasteiger partial charge on any atom is -0.381 e. The Morgan fingerprint density at radius 2 is 2.08 bits per heavy atom. The summed E-state index contributed by atoms with van der Waals surface area (Å²) in [5.74, 6) is 1.53. The van der Waals surface area contributed by atoms with E-state index in [0.29, 0.717) is 26.3 Å². The van der Waals surface area contributed by atoms with Crippen molar-refractivity contribution in [1.82, 2.24) is 14.3 Å². The Morgan fingerprint density at radius 3 is 2.88 bits per heavy atom. The second-order valence-corrected chi connectivity index (χ2v) is 9.69. The van der Waals surface area contributed by atoms with Crippen molar-refractivity contribution in [2.75, 3.05) is 32.1 Å². The number of piperidine rings is 1. The summed E-state index contributed by atoms with van der Waals surface area (Å²) in [6, 6.07) is 6.17. The predicted octanol–water partition coefficient (Wildman–Crippen LogP) is 2.81. The number of H-pyrrole nitrogens is 1. The minimum atomic E-state index is -3.22. The van der Waals surface area contributed by atoms with Crippen molar-refractivity contribution in [3.05, 3.63) is 29.6 Å². The molecule has 1 atom stereocenters. The van der Waals surface area contributed by atoms with Gasteiger partial charge in [-0.05, 0) is 56.2 Å². The van der Waals surface area contributed by atoms with Gasteiger partial charge in [0.25, 0.3) is 0 Å². The Hall–Kier alpha value is -1.44. The lowest BCUT2D eigenvalue weighted by Crippen LogP contribution is -2.42. The third kappa shape index (κ3) is 3.80. The van der Waals surface area contributed by atoms with Gasteiger partial charge < -0.3 is 9.72 Å². The van der Waals surface area contributed by atoms with E-state index in [-0.39, 0.29) is 17.6 Å². The van der Waals surface area contributed by atoms with Gasteiger partial charge in [0.05, 0.1) is 16.8 Å². The number of aromatic nitrogens is 2. The van der Waals surface area contributed by atoms with Gasteiger partial charge in [0.1, 0.15) is 5.82 Å². The van der Waals surface area contributed by atoms with Crippen LogP contribution in [0.1, 0.15) is 43.0 Å². The molecule has 2 saturated heterocycles. The van der Waals surface area contributed by atoms with Gasteiger partial charge in [0.15, 0.2) is 0 Å². The summed E-state index contributed by atoms with van der Waals surface area (Å²) >= 11 is 0. The maximum absolute atomic E-state index is 12.9. The number of aryl methyl sites for hydroxylation is 1. The molecule has 4 rings (SSSR count). The van der Waals surface area contributed by atoms with Crippen LogP contribution in [0, 0.1) is 12.8 Å². The molecule has 1 N–H and O–H groups in total. The first-order valence-corrected chi connectivity index (χ1v) is 11.1. The first-order valence-electron chi connectivity index (χ1n) is 9.53. The van der Waals surface area contributed by atoms with Gasteiger partial charge in [-0.3, -0.25) is 0 Å². The number of nitrogens with zero attached hydrogens (tertiary/aromatic N) is 2. The van der Waals surface area contributed by atoms with Crippen LogP contribution in [0.3, 0.4) is 0 Å². The number of imidazole rings is 1. The topological polar surface area (TPSA) is 75.3 Å². The molecule has 0 amide bonds. The number of hydrogen-bond acceptors (Lipinski definition) is 4. The van der Waals surface area contributed by atoms with Crippen molar-refractivity contribution in [2.45, 2.75) is 38.5 Å². The Bertz CT molecular complexity index is 871. The number of sulfonamides is 1. The quantitative estimate of drug-likeness (QED) is 0.889. The van der Waals surface area contributed by atoms with E-state index in [1.807, 2.05) is 6.07 Å². The molecular weight excluding hydrogens is 350 g/mol. The van der Waals surface area contributed by atoms with Crippen molar-refractivity contribution < 1.29 is 13.2 Å². The molecule has 0 radical (unpaired) electrons. The molecule has 0 saturated carbocycles. The highest BCUT2D eigenvalue weighted by Crippen LogP contribution is 2.29. The van der Waals surface area contributed by atoms with E-state index in [1.165, 1.54) is 5.56 Å². The first kappa shape index (κ1) is 17.9. The lowest BCUT2D eigenvalue weighted by Gasteiger charge is -2.32. The zero-order valence-corrected chi connectivity index (χ0v) is 16.1. The van der Waals surface area contributed by atoms with Crippen LogP contribution in [-0.4, -0.2) is 54.7 Å². The zero-order chi connectivity index (χ0) is 18.1. The van der Waals surface area contributed by atoms with Crippen molar-refractivity contribution in [2.24, 2.45) is 5.92 Å². The average molecular weight is 378 g/mol. The maximum Gasteiger partial charge on any atom is 0.214 e. The summed E-state index contributed by atoms with van der Waals surface area (Å²) in [5.41, 5.74) is 3.17. The summed E-state index contributed by atoms with van der Waals surface area (Å²) in [5, 5.41) is 0. The third-order valence-corrected chi connectivity index (χ3v) is 7.62. The molecule has 0 bridgehead atoms. The molecule has 3 heterocycles. The fourth-order valence-corrected chi connectivity index (χ4v) is 6.03. The Kier molecular flexibility index (Phi) is 5.03. The van der Waals surface area contributed by atoms with Crippen LogP contribution in [0.2, 0.25) is 0 Å². The normalized spacial score (nSPS) is 23.5. The smallest absolute Gasteiger partial charge is 0.214 e. The predicted molar refractivity (Wildman–Crippen MR) is 102 cm³/mol. The van der Waals surface area contributed by atoms with Gasteiger partial charge in [0.2, 0.25) is 10.0 Å². The average Bonchev–Trinajstić information content (AvgIpc) is 3.05. The van der Waals surface area contributed by atoms with Crippen LogP contribution < -0.4 is 0 Å². The van der Waals surface area contributed by atoms with E-state index in [2.05, 4.69) is 24.0 Å². The van der Waals surface area contributed by atoms with Gasteiger partial charge in [-0.15, -0.1) is 0 Å². The number of fused-ring (bicyclic) bond motifs is 1. The zero-order valence-electron chi connectivity index (χ0n) is 15.3. The van der Waals surface area contributed by atoms with Crippen LogP contribution in [0.5, 0.6) is 0 Å². The monoisotopic (exact) mass is 377 g/mol. The van der Waals surface area contributed by atoms with Gasteiger partial charge in [0, 0.05) is 32.2 Å². The number of nitrogens with one attached hydrogen (secondary N) is 1. The second kappa shape index (κ2) is 7.29. The Labute approximate surface area is 155 Å². The van der Waals surface area contributed by atoms with Gasteiger partial charge in [-0.2, -0.15) is 0 Å². The van der Waals surface area contributed by atoms with Crippen molar-refractivity contribution in [1.29, 1.82) is 0 Å². The molecule has 7 heteroatoms. The fraction of sp³-hybridized carbons (Fsp3) is 0.632. The van der Waals surface area contributed by atoms with Crippen molar-refractivity contribution in [3.8, 4) is 0 Å². The molecule has 1 aromatic carbocycles. The van der Waals surface area contributed by atoms with Crippen LogP contribution in [-0.2, 0) is 14.8 Å². The summed E-state index contributed by atoms with van der Waals surface area (Å²) in [4.78, 5) is 8.13. The van der Waals surface area contributed by atoms with E-state index in [4.69, 9.17) is 9.72 Å². The molecule has 26 heavy (non-hydrogen) atoms. The van der Waals surface area contributed by atoms with Crippen LogP contribution in [0.25, 0.3) is 11.0 Å². The molecule has 2 aliphatic rings. The van der Waals surface area contributed by atoms with Crippen LogP contribution >= 0.6 is 0 Å². The number of rotatable bonds is 4. The highest BCUT2D eigenvalue weighted by molar-refractivity contribution is 7.89. The number of benzene rings is 1. The van der Waals surface area contributed by atoms with Crippen molar-refractivity contribution in [3.63, 3.8) is 0 Å². The largest absolute Gasteiger partial charge is 0.381 e.